The highest BCUT2D eigenvalue weighted by atomic mass is 16.5. The van der Waals surface area contributed by atoms with E-state index in [1.807, 2.05) is 12.1 Å². The molecule has 2 rings (SSSR count). The monoisotopic (exact) mass is 306 g/mol. The van der Waals surface area contributed by atoms with Crippen LogP contribution in [-0.4, -0.2) is 30.1 Å². The Morgan fingerprint density at radius 3 is 2.82 bits per heavy atom. The van der Waals surface area contributed by atoms with E-state index in [9.17, 15) is 14.4 Å². The molecule has 0 fully saturated rings. The quantitative estimate of drug-likeness (QED) is 0.795. The van der Waals surface area contributed by atoms with E-state index in [2.05, 4.69) is 10.1 Å². The maximum atomic E-state index is 11.5. The van der Waals surface area contributed by atoms with Crippen molar-refractivity contribution in [2.24, 2.45) is 7.05 Å². The number of amides is 1. The number of fused-ring (bicyclic) bond motifs is 1. The predicted octanol–water partition coefficient (Wildman–Crippen LogP) is 0.743. The second-order valence-corrected chi connectivity index (χ2v) is 4.91. The van der Waals surface area contributed by atoms with Crippen molar-refractivity contribution in [3.05, 3.63) is 34.3 Å². The van der Waals surface area contributed by atoms with Gasteiger partial charge in [0.05, 0.1) is 19.0 Å². The lowest BCUT2D eigenvalue weighted by Gasteiger charge is -2.05. The summed E-state index contributed by atoms with van der Waals surface area (Å²) in [6, 6.07) is 5.46. The van der Waals surface area contributed by atoms with E-state index in [1.165, 1.54) is 11.7 Å². The van der Waals surface area contributed by atoms with Crippen LogP contribution in [0.2, 0.25) is 0 Å². The summed E-state index contributed by atoms with van der Waals surface area (Å²) < 4.78 is 11.0. The Labute approximate surface area is 126 Å². The zero-order valence-electron chi connectivity index (χ0n) is 12.5. The van der Waals surface area contributed by atoms with E-state index in [4.69, 9.17) is 4.42 Å². The van der Waals surface area contributed by atoms with Gasteiger partial charge in [0.1, 0.15) is 0 Å². The Morgan fingerprint density at radius 2 is 2.09 bits per heavy atom. The van der Waals surface area contributed by atoms with Gasteiger partial charge in [0.25, 0.3) is 0 Å². The van der Waals surface area contributed by atoms with Crippen molar-refractivity contribution in [2.75, 3.05) is 13.7 Å². The van der Waals surface area contributed by atoms with Gasteiger partial charge in [0.2, 0.25) is 5.91 Å². The molecular weight excluding hydrogens is 288 g/mol. The summed E-state index contributed by atoms with van der Waals surface area (Å²) in [7, 11) is 2.94. The highest BCUT2D eigenvalue weighted by Crippen LogP contribution is 2.14. The van der Waals surface area contributed by atoms with Crippen LogP contribution in [0.3, 0.4) is 0 Å². The molecule has 0 aliphatic heterocycles. The van der Waals surface area contributed by atoms with Gasteiger partial charge < -0.3 is 14.5 Å². The Morgan fingerprint density at radius 1 is 1.32 bits per heavy atom. The molecule has 118 valence electrons. The minimum atomic E-state index is -0.401. The maximum absolute atomic E-state index is 11.5. The van der Waals surface area contributed by atoms with Gasteiger partial charge in [-0.25, -0.2) is 4.79 Å². The van der Waals surface area contributed by atoms with Gasteiger partial charge in [-0.2, -0.15) is 0 Å². The summed E-state index contributed by atoms with van der Waals surface area (Å²) in [5.41, 5.74) is 2.25. The number of benzene rings is 1. The van der Waals surface area contributed by atoms with Gasteiger partial charge >= 0.3 is 11.7 Å². The fraction of sp³-hybridized carbons (Fsp3) is 0.400. The number of nitrogens with one attached hydrogen (secondary N) is 1. The predicted molar refractivity (Wildman–Crippen MR) is 79.4 cm³/mol. The standard InChI is InChI=1S/C15H18N2O5/c1-17-11-9-10(3-4-12(11)22-15(17)20)7-8-16-13(18)5-6-14(19)21-2/h3-4,9H,5-8H2,1-2H3,(H,16,18). The zero-order valence-corrected chi connectivity index (χ0v) is 12.5. The zero-order chi connectivity index (χ0) is 16.1. The number of hydrogen-bond acceptors (Lipinski definition) is 5. The number of carbonyl (C=O) groups is 2. The van der Waals surface area contributed by atoms with Gasteiger partial charge in [0, 0.05) is 20.0 Å². The van der Waals surface area contributed by atoms with Crippen LogP contribution in [0.5, 0.6) is 0 Å². The fourth-order valence-electron chi connectivity index (χ4n) is 2.08. The largest absolute Gasteiger partial charge is 0.469 e. The molecule has 1 amide bonds. The molecular formula is C15H18N2O5. The van der Waals surface area contributed by atoms with Gasteiger partial charge in [-0.3, -0.25) is 14.2 Å². The van der Waals surface area contributed by atoms with Gasteiger partial charge in [-0.05, 0) is 24.1 Å². The first-order chi connectivity index (χ1) is 10.5. The number of aryl methyl sites for hydroxylation is 1. The molecule has 1 heterocycles. The first-order valence-electron chi connectivity index (χ1n) is 6.93. The van der Waals surface area contributed by atoms with Crippen molar-refractivity contribution < 1.29 is 18.7 Å². The average molecular weight is 306 g/mol. The van der Waals surface area contributed by atoms with Crippen molar-refractivity contribution in [3.8, 4) is 0 Å². The summed E-state index contributed by atoms with van der Waals surface area (Å²) in [4.78, 5) is 33.9. The Balaban J connectivity index is 1.87. The lowest BCUT2D eigenvalue weighted by Crippen LogP contribution is -2.26. The Hall–Kier alpha value is -2.57. The Bertz CT molecular complexity index is 744. The van der Waals surface area contributed by atoms with Crippen molar-refractivity contribution >= 4 is 23.0 Å². The molecule has 0 atom stereocenters. The van der Waals surface area contributed by atoms with Crippen LogP contribution in [0.15, 0.2) is 27.4 Å². The third-order valence-electron chi connectivity index (χ3n) is 3.38. The normalized spacial score (nSPS) is 10.6. The number of oxazole rings is 1. The number of methoxy groups -OCH3 is 1. The van der Waals surface area contributed by atoms with E-state index >= 15 is 0 Å². The fourth-order valence-corrected chi connectivity index (χ4v) is 2.08. The lowest BCUT2D eigenvalue weighted by atomic mass is 10.1. The second-order valence-electron chi connectivity index (χ2n) is 4.91. The summed E-state index contributed by atoms with van der Waals surface area (Å²) in [6.45, 7) is 0.456. The Kier molecular flexibility index (Phi) is 4.98. The smallest absolute Gasteiger partial charge is 0.419 e. The molecule has 2 aromatic rings. The van der Waals surface area contributed by atoms with Crippen LogP contribution in [-0.2, 0) is 27.8 Å². The topological polar surface area (TPSA) is 90.5 Å². The van der Waals surface area contributed by atoms with Gasteiger partial charge in [0.15, 0.2) is 5.58 Å². The number of hydrogen-bond donors (Lipinski definition) is 1. The summed E-state index contributed by atoms with van der Waals surface area (Å²) in [6.07, 6.45) is 0.812. The SMILES string of the molecule is COC(=O)CCC(=O)NCCc1ccc2oc(=O)n(C)c2c1. The van der Waals surface area contributed by atoms with Crippen LogP contribution in [0, 0.1) is 0 Å². The van der Waals surface area contributed by atoms with Crippen molar-refractivity contribution in [3.63, 3.8) is 0 Å². The molecule has 0 saturated carbocycles. The molecule has 0 spiro atoms. The third kappa shape index (κ3) is 3.75. The van der Waals surface area contributed by atoms with Crippen LogP contribution < -0.4 is 11.1 Å². The number of aromatic nitrogens is 1. The van der Waals surface area contributed by atoms with Gasteiger partial charge in [-0.1, -0.05) is 6.07 Å². The molecule has 7 heteroatoms. The molecule has 22 heavy (non-hydrogen) atoms. The molecule has 0 radical (unpaired) electrons. The molecule has 0 aliphatic rings. The summed E-state index contributed by atoms with van der Waals surface area (Å²) >= 11 is 0. The molecule has 0 bridgehead atoms. The van der Waals surface area contributed by atoms with Crippen LogP contribution >= 0.6 is 0 Å². The van der Waals surface area contributed by atoms with E-state index in [-0.39, 0.29) is 18.7 Å². The molecule has 1 N–H and O–H groups in total. The van der Waals surface area contributed by atoms with Crippen molar-refractivity contribution in [2.45, 2.75) is 19.3 Å². The molecule has 1 aromatic heterocycles. The molecule has 1 aromatic carbocycles. The van der Waals surface area contributed by atoms with Crippen LogP contribution in [0.25, 0.3) is 11.1 Å². The van der Waals surface area contributed by atoms with Crippen molar-refractivity contribution in [1.29, 1.82) is 0 Å². The summed E-state index contributed by atoms with van der Waals surface area (Å²) in [5, 5.41) is 2.74. The highest BCUT2D eigenvalue weighted by Gasteiger charge is 2.08. The number of esters is 1. The minimum absolute atomic E-state index is 0.0748. The van der Waals surface area contributed by atoms with Crippen LogP contribution in [0.1, 0.15) is 18.4 Å². The van der Waals surface area contributed by atoms with E-state index in [0.29, 0.717) is 18.5 Å². The molecule has 0 unspecified atom stereocenters. The van der Waals surface area contributed by atoms with Crippen molar-refractivity contribution in [1.82, 2.24) is 9.88 Å². The maximum Gasteiger partial charge on any atom is 0.419 e. The first kappa shape index (κ1) is 15.8. The number of rotatable bonds is 6. The van der Waals surface area contributed by atoms with E-state index in [0.717, 1.165) is 11.1 Å². The molecule has 7 nitrogen and oxygen atoms in total. The number of ether oxygens (including phenoxy) is 1. The molecule has 0 aliphatic carbocycles. The van der Waals surface area contributed by atoms with Crippen LogP contribution in [0.4, 0.5) is 0 Å². The second kappa shape index (κ2) is 6.93. The van der Waals surface area contributed by atoms with Gasteiger partial charge in [-0.15, -0.1) is 0 Å². The number of nitrogens with zero attached hydrogens (tertiary/aromatic N) is 1. The minimum Gasteiger partial charge on any atom is -0.469 e. The average Bonchev–Trinajstić information content (AvgIpc) is 2.80. The van der Waals surface area contributed by atoms with E-state index < -0.39 is 11.7 Å². The summed E-state index contributed by atoms with van der Waals surface area (Å²) in [5.74, 6) is -0.994. The highest BCUT2D eigenvalue weighted by molar-refractivity contribution is 5.81. The first-order valence-corrected chi connectivity index (χ1v) is 6.93. The lowest BCUT2D eigenvalue weighted by molar-refractivity contribution is -0.142. The molecule has 0 saturated heterocycles. The van der Waals surface area contributed by atoms with E-state index in [1.54, 1.807) is 13.1 Å². The third-order valence-corrected chi connectivity index (χ3v) is 3.38. The number of carbonyl (C=O) groups excluding carboxylic acids is 2.